The fourth-order valence-electron chi connectivity index (χ4n) is 0.994. The highest BCUT2D eigenvalue weighted by atomic mass is 16.6. The van der Waals surface area contributed by atoms with Crippen LogP contribution in [0.2, 0.25) is 0 Å². The summed E-state index contributed by atoms with van der Waals surface area (Å²) in [6, 6.07) is 5.15. The Morgan fingerprint density at radius 3 is 3.17 bits per heavy atom. The second kappa shape index (κ2) is 2.30. The predicted octanol–water partition coefficient (Wildman–Crippen LogP) is 1.04. The first-order valence-corrected chi connectivity index (χ1v) is 3.28. The number of pyridine rings is 1. The molecule has 5 nitrogen and oxygen atoms in total. The van der Waals surface area contributed by atoms with Crippen LogP contribution in [0.25, 0.3) is 5.65 Å². The molecule has 0 aliphatic rings. The Morgan fingerprint density at radius 1 is 1.58 bits per heavy atom. The summed E-state index contributed by atoms with van der Waals surface area (Å²) in [5.41, 5.74) is 0.532. The molecule has 0 aromatic carbocycles. The summed E-state index contributed by atoms with van der Waals surface area (Å²) >= 11 is 0. The number of hydrogen-bond donors (Lipinski definition) is 0. The van der Waals surface area contributed by atoms with Crippen LogP contribution in [0.1, 0.15) is 0 Å². The Morgan fingerprint density at radius 2 is 2.42 bits per heavy atom. The van der Waals surface area contributed by atoms with Crippen molar-refractivity contribution in [1.29, 1.82) is 0 Å². The van der Waals surface area contributed by atoms with Gasteiger partial charge in [-0.05, 0) is 11.0 Å². The Bertz CT molecular complexity index is 435. The van der Waals surface area contributed by atoms with Crippen molar-refractivity contribution in [3.05, 3.63) is 40.7 Å². The van der Waals surface area contributed by atoms with Gasteiger partial charge in [-0.25, -0.2) is 0 Å². The molecule has 2 heterocycles. The van der Waals surface area contributed by atoms with Crippen LogP contribution in [0.5, 0.6) is 0 Å². The van der Waals surface area contributed by atoms with E-state index in [1.807, 2.05) is 0 Å². The fourth-order valence-corrected chi connectivity index (χ4v) is 0.994. The van der Waals surface area contributed by atoms with Gasteiger partial charge in [-0.3, -0.25) is 0 Å². The zero-order valence-electron chi connectivity index (χ0n) is 5.97. The largest absolute Gasteiger partial charge is 0.358 e. The fraction of sp³-hybridized carbons (Fsp3) is 0. The SMILES string of the molecule is O=[N+]([O-])c1[c]nc2ccccn12. The summed E-state index contributed by atoms with van der Waals surface area (Å²) in [5, 5.41) is 10.4. The van der Waals surface area contributed by atoms with Gasteiger partial charge in [0.1, 0.15) is 0 Å². The topological polar surface area (TPSA) is 60.4 Å². The smallest absolute Gasteiger partial charge is 0.357 e. The van der Waals surface area contributed by atoms with Crippen LogP contribution in [0.15, 0.2) is 24.4 Å². The van der Waals surface area contributed by atoms with Crippen molar-refractivity contribution in [2.24, 2.45) is 0 Å². The van der Waals surface area contributed by atoms with Gasteiger partial charge >= 0.3 is 5.82 Å². The Balaban J connectivity index is 2.79. The Hall–Kier alpha value is -1.91. The number of hydrogen-bond acceptors (Lipinski definition) is 3. The minimum absolute atomic E-state index is 0.134. The van der Waals surface area contributed by atoms with Crippen LogP contribution < -0.4 is 0 Å². The van der Waals surface area contributed by atoms with Crippen LogP contribution in [0, 0.1) is 16.3 Å². The number of nitro groups is 1. The van der Waals surface area contributed by atoms with Crippen molar-refractivity contribution in [3.63, 3.8) is 0 Å². The second-order valence-electron chi connectivity index (χ2n) is 2.23. The van der Waals surface area contributed by atoms with Gasteiger partial charge in [-0.2, -0.15) is 9.38 Å². The van der Waals surface area contributed by atoms with Crippen molar-refractivity contribution in [3.8, 4) is 0 Å². The van der Waals surface area contributed by atoms with Crippen molar-refractivity contribution < 1.29 is 4.92 Å². The van der Waals surface area contributed by atoms with E-state index in [1.165, 1.54) is 4.40 Å². The average molecular weight is 162 g/mol. The molecule has 0 N–H and O–H groups in total. The Kier molecular flexibility index (Phi) is 1.30. The molecule has 59 valence electrons. The molecular weight excluding hydrogens is 158 g/mol. The summed E-state index contributed by atoms with van der Waals surface area (Å²) in [7, 11) is 0. The molecular formula is C7H4N3O2. The highest BCUT2D eigenvalue weighted by Crippen LogP contribution is 2.11. The van der Waals surface area contributed by atoms with Gasteiger partial charge in [0.05, 0.1) is 6.20 Å². The van der Waals surface area contributed by atoms with Gasteiger partial charge in [0, 0.05) is 6.07 Å². The molecule has 0 spiro atoms. The van der Waals surface area contributed by atoms with Crippen LogP contribution >= 0.6 is 0 Å². The van der Waals surface area contributed by atoms with Crippen LogP contribution in [0.4, 0.5) is 5.82 Å². The molecule has 0 amide bonds. The molecule has 0 atom stereocenters. The molecule has 0 unspecified atom stereocenters. The highest BCUT2D eigenvalue weighted by Gasteiger charge is 2.12. The molecule has 12 heavy (non-hydrogen) atoms. The first-order chi connectivity index (χ1) is 5.79. The minimum Gasteiger partial charge on any atom is -0.358 e. The minimum atomic E-state index is -0.514. The zero-order valence-corrected chi connectivity index (χ0v) is 5.97. The highest BCUT2D eigenvalue weighted by molar-refractivity contribution is 5.43. The quantitative estimate of drug-likeness (QED) is 0.465. The van der Waals surface area contributed by atoms with Gasteiger partial charge in [0.2, 0.25) is 5.65 Å². The van der Waals surface area contributed by atoms with E-state index in [0.29, 0.717) is 5.65 Å². The van der Waals surface area contributed by atoms with E-state index in [0.717, 1.165) is 0 Å². The number of rotatable bonds is 1. The monoisotopic (exact) mass is 162 g/mol. The van der Waals surface area contributed by atoms with Gasteiger partial charge in [0.25, 0.3) is 0 Å². The molecule has 2 rings (SSSR count). The van der Waals surface area contributed by atoms with Crippen molar-refractivity contribution in [2.45, 2.75) is 0 Å². The first-order valence-electron chi connectivity index (χ1n) is 3.28. The van der Waals surface area contributed by atoms with Crippen LogP contribution in [-0.2, 0) is 0 Å². The number of nitrogens with zero attached hydrogens (tertiary/aromatic N) is 3. The first kappa shape index (κ1) is 6.78. The van der Waals surface area contributed by atoms with E-state index in [4.69, 9.17) is 0 Å². The van der Waals surface area contributed by atoms with Gasteiger partial charge in [-0.15, -0.1) is 0 Å². The lowest BCUT2D eigenvalue weighted by atomic mass is 10.5. The van der Waals surface area contributed by atoms with Crippen LogP contribution in [-0.4, -0.2) is 14.3 Å². The van der Waals surface area contributed by atoms with E-state index < -0.39 is 4.92 Å². The van der Waals surface area contributed by atoms with Gasteiger partial charge < -0.3 is 10.1 Å². The maximum atomic E-state index is 10.4. The van der Waals surface area contributed by atoms with E-state index in [1.54, 1.807) is 24.4 Å². The van der Waals surface area contributed by atoms with E-state index in [9.17, 15) is 10.1 Å². The summed E-state index contributed by atoms with van der Waals surface area (Å²) in [6.45, 7) is 0. The van der Waals surface area contributed by atoms with E-state index >= 15 is 0 Å². The molecule has 1 radical (unpaired) electrons. The van der Waals surface area contributed by atoms with Gasteiger partial charge in [-0.1, -0.05) is 6.07 Å². The summed E-state index contributed by atoms with van der Waals surface area (Å²) < 4.78 is 1.37. The molecule has 2 aromatic heterocycles. The molecule has 0 saturated heterocycles. The number of imidazole rings is 1. The van der Waals surface area contributed by atoms with Crippen molar-refractivity contribution in [1.82, 2.24) is 9.38 Å². The third kappa shape index (κ3) is 0.833. The number of aromatic nitrogens is 2. The van der Waals surface area contributed by atoms with Crippen LogP contribution in [0.3, 0.4) is 0 Å². The zero-order chi connectivity index (χ0) is 8.55. The lowest BCUT2D eigenvalue weighted by Gasteiger charge is -1.90. The standard InChI is InChI=1S/C7H4N3O2/c11-10(12)7-5-8-6-3-1-2-4-9(6)7/h1-4H. The maximum Gasteiger partial charge on any atom is 0.357 e. The van der Waals surface area contributed by atoms with E-state index in [-0.39, 0.29) is 5.82 Å². The third-order valence-corrected chi connectivity index (χ3v) is 1.51. The predicted molar refractivity (Wildman–Crippen MR) is 40.7 cm³/mol. The molecule has 0 aliphatic carbocycles. The maximum absolute atomic E-state index is 10.4. The summed E-state index contributed by atoms with van der Waals surface area (Å²) in [4.78, 5) is 13.6. The third-order valence-electron chi connectivity index (χ3n) is 1.51. The summed E-state index contributed by atoms with van der Waals surface area (Å²) in [6.07, 6.45) is 3.91. The number of fused-ring (bicyclic) bond motifs is 1. The second-order valence-corrected chi connectivity index (χ2v) is 2.23. The average Bonchev–Trinajstić information content (AvgIpc) is 2.47. The molecule has 0 aliphatic heterocycles. The molecule has 2 aromatic rings. The molecule has 5 heteroatoms. The lowest BCUT2D eigenvalue weighted by molar-refractivity contribution is -0.390. The molecule has 0 bridgehead atoms. The normalized spacial score (nSPS) is 10.3. The van der Waals surface area contributed by atoms with E-state index in [2.05, 4.69) is 11.2 Å². The van der Waals surface area contributed by atoms with Crippen molar-refractivity contribution in [2.75, 3.05) is 0 Å². The molecule has 0 fully saturated rings. The van der Waals surface area contributed by atoms with Gasteiger partial charge in [0.15, 0.2) is 6.20 Å². The summed E-state index contributed by atoms with van der Waals surface area (Å²) in [5.74, 6) is -0.134. The van der Waals surface area contributed by atoms with Crippen molar-refractivity contribution >= 4 is 11.5 Å². The molecule has 0 saturated carbocycles. The Labute approximate surface area is 67.4 Å². The lowest BCUT2D eigenvalue weighted by Crippen LogP contribution is -1.92.